The number of nitrogens with zero attached hydrogens (tertiary/aromatic N) is 3. The van der Waals surface area contributed by atoms with E-state index in [1.807, 2.05) is 0 Å². The molecule has 8 heteroatoms. The number of amides is 1. The predicted molar refractivity (Wildman–Crippen MR) is 93.7 cm³/mol. The fourth-order valence-electron chi connectivity index (χ4n) is 3.53. The Morgan fingerprint density at radius 1 is 1.38 bits per heavy atom. The highest BCUT2D eigenvalue weighted by Crippen LogP contribution is 2.20. The number of aliphatic hydroxyl groups is 1. The molecule has 1 aromatic carbocycles. The Hall–Kier alpha value is -2.06. The van der Waals surface area contributed by atoms with Crippen molar-refractivity contribution in [2.24, 2.45) is 0 Å². The fourth-order valence-corrected chi connectivity index (χ4v) is 3.53. The van der Waals surface area contributed by atoms with Crippen molar-refractivity contribution in [3.05, 3.63) is 29.6 Å². The largest absolute Gasteiger partial charge is 0.396 e. The van der Waals surface area contributed by atoms with E-state index in [0.717, 1.165) is 51.0 Å². The predicted octanol–water partition coefficient (Wildman–Crippen LogP) is 1.59. The molecule has 2 aromatic rings. The third-order valence-corrected chi connectivity index (χ3v) is 4.79. The molecule has 0 saturated carbocycles. The van der Waals surface area contributed by atoms with Crippen molar-refractivity contribution >= 4 is 16.9 Å². The quantitative estimate of drug-likeness (QED) is 0.815. The SMILES string of the molecule is Cc1nc2cc(F)c(F)cc2n1CC(=O)NC1CCCN(CCCO)C1. The lowest BCUT2D eigenvalue weighted by atomic mass is 10.1. The number of carbonyl (C=O) groups is 1. The minimum absolute atomic E-state index is 0.0144. The van der Waals surface area contributed by atoms with E-state index >= 15 is 0 Å². The number of aryl methyl sites for hydroxylation is 1. The normalized spacial score (nSPS) is 18.4. The van der Waals surface area contributed by atoms with Gasteiger partial charge in [0, 0.05) is 37.9 Å². The highest BCUT2D eigenvalue weighted by Gasteiger charge is 2.22. The maximum atomic E-state index is 13.6. The summed E-state index contributed by atoms with van der Waals surface area (Å²) in [5, 5.41) is 12.0. The number of imidazole rings is 1. The van der Waals surface area contributed by atoms with E-state index in [2.05, 4.69) is 15.2 Å². The second-order valence-electron chi connectivity index (χ2n) is 6.78. The summed E-state index contributed by atoms with van der Waals surface area (Å²) in [5.74, 6) is -1.54. The van der Waals surface area contributed by atoms with Gasteiger partial charge in [0.15, 0.2) is 11.6 Å². The molecule has 1 atom stereocenters. The molecule has 1 aliphatic heterocycles. The number of piperidine rings is 1. The molecule has 0 aliphatic carbocycles. The van der Waals surface area contributed by atoms with Crippen LogP contribution in [0.3, 0.4) is 0 Å². The monoisotopic (exact) mass is 366 g/mol. The van der Waals surface area contributed by atoms with E-state index in [-0.39, 0.29) is 25.1 Å². The van der Waals surface area contributed by atoms with E-state index in [1.165, 1.54) is 0 Å². The number of hydrogen-bond acceptors (Lipinski definition) is 4. The van der Waals surface area contributed by atoms with Crippen molar-refractivity contribution in [2.75, 3.05) is 26.2 Å². The van der Waals surface area contributed by atoms with Crippen molar-refractivity contribution in [3.63, 3.8) is 0 Å². The van der Waals surface area contributed by atoms with Gasteiger partial charge in [-0.05, 0) is 32.7 Å². The molecule has 0 radical (unpaired) electrons. The Labute approximate surface area is 150 Å². The molecule has 1 aliphatic rings. The second-order valence-corrected chi connectivity index (χ2v) is 6.78. The minimum atomic E-state index is -0.953. The average Bonchev–Trinajstić information content (AvgIpc) is 2.89. The number of aliphatic hydroxyl groups excluding tert-OH is 1. The summed E-state index contributed by atoms with van der Waals surface area (Å²) in [6.07, 6.45) is 2.63. The van der Waals surface area contributed by atoms with Gasteiger partial charge < -0.3 is 19.9 Å². The number of likely N-dealkylation sites (tertiary alicyclic amines) is 1. The summed E-state index contributed by atoms with van der Waals surface area (Å²) < 4.78 is 28.5. The maximum Gasteiger partial charge on any atom is 0.240 e. The van der Waals surface area contributed by atoms with Crippen LogP contribution in [0.15, 0.2) is 12.1 Å². The molecule has 6 nitrogen and oxygen atoms in total. The lowest BCUT2D eigenvalue weighted by molar-refractivity contribution is -0.122. The number of rotatable bonds is 6. The number of nitrogens with one attached hydrogen (secondary N) is 1. The zero-order valence-corrected chi connectivity index (χ0v) is 14.8. The van der Waals surface area contributed by atoms with Crippen LogP contribution in [0.1, 0.15) is 25.1 Å². The Morgan fingerprint density at radius 2 is 2.15 bits per heavy atom. The molecule has 1 saturated heterocycles. The lowest BCUT2D eigenvalue weighted by Crippen LogP contribution is -2.48. The van der Waals surface area contributed by atoms with Gasteiger partial charge in [0.05, 0.1) is 11.0 Å². The Morgan fingerprint density at radius 3 is 2.92 bits per heavy atom. The summed E-state index contributed by atoms with van der Waals surface area (Å²) in [4.78, 5) is 18.9. The molecule has 0 spiro atoms. The minimum Gasteiger partial charge on any atom is -0.396 e. The fraction of sp³-hybridized carbons (Fsp3) is 0.556. The highest BCUT2D eigenvalue weighted by atomic mass is 19.2. The van der Waals surface area contributed by atoms with Gasteiger partial charge in [-0.1, -0.05) is 0 Å². The molecule has 1 fully saturated rings. The van der Waals surface area contributed by atoms with Gasteiger partial charge in [0.25, 0.3) is 0 Å². The van der Waals surface area contributed by atoms with Crippen LogP contribution in [0, 0.1) is 18.6 Å². The van der Waals surface area contributed by atoms with Crippen molar-refractivity contribution in [1.29, 1.82) is 0 Å². The molecule has 1 aromatic heterocycles. The van der Waals surface area contributed by atoms with E-state index in [1.54, 1.807) is 11.5 Å². The van der Waals surface area contributed by atoms with Crippen LogP contribution < -0.4 is 5.32 Å². The first kappa shape index (κ1) is 18.7. The number of fused-ring (bicyclic) bond motifs is 1. The molecule has 1 amide bonds. The van der Waals surface area contributed by atoms with Gasteiger partial charge in [-0.2, -0.15) is 0 Å². The van der Waals surface area contributed by atoms with Crippen LogP contribution in [0.2, 0.25) is 0 Å². The van der Waals surface area contributed by atoms with Gasteiger partial charge in [0.1, 0.15) is 12.4 Å². The highest BCUT2D eigenvalue weighted by molar-refractivity contribution is 5.81. The first-order chi connectivity index (χ1) is 12.5. The zero-order valence-electron chi connectivity index (χ0n) is 14.8. The standard InChI is InChI=1S/C18H24F2N4O2/c1-12-21-16-8-14(19)15(20)9-17(16)24(12)11-18(26)22-13-4-2-5-23(10-13)6-3-7-25/h8-9,13,25H,2-7,10-11H2,1H3,(H,22,26). The van der Waals surface area contributed by atoms with Crippen LogP contribution in [0.25, 0.3) is 11.0 Å². The van der Waals surface area contributed by atoms with Gasteiger partial charge in [-0.15, -0.1) is 0 Å². The molecule has 3 rings (SSSR count). The van der Waals surface area contributed by atoms with Crippen LogP contribution in [-0.2, 0) is 11.3 Å². The number of aromatic nitrogens is 2. The number of carbonyl (C=O) groups excluding carboxylic acids is 1. The summed E-state index contributed by atoms with van der Waals surface area (Å²) in [6.45, 7) is 4.44. The number of benzene rings is 1. The summed E-state index contributed by atoms with van der Waals surface area (Å²) in [7, 11) is 0. The molecule has 142 valence electrons. The van der Waals surface area contributed by atoms with Gasteiger partial charge in [-0.3, -0.25) is 4.79 Å². The summed E-state index contributed by atoms with van der Waals surface area (Å²) in [5.41, 5.74) is 0.742. The number of hydrogen-bond donors (Lipinski definition) is 2. The van der Waals surface area contributed by atoms with E-state index < -0.39 is 11.6 Å². The Bertz CT molecular complexity index is 793. The summed E-state index contributed by atoms with van der Waals surface area (Å²) in [6, 6.07) is 2.18. The third-order valence-electron chi connectivity index (χ3n) is 4.79. The van der Waals surface area contributed by atoms with Crippen LogP contribution in [0.5, 0.6) is 0 Å². The summed E-state index contributed by atoms with van der Waals surface area (Å²) >= 11 is 0. The maximum absolute atomic E-state index is 13.6. The Balaban J connectivity index is 1.66. The topological polar surface area (TPSA) is 70.4 Å². The van der Waals surface area contributed by atoms with Crippen LogP contribution in [-0.4, -0.2) is 57.7 Å². The van der Waals surface area contributed by atoms with Crippen LogP contribution in [0.4, 0.5) is 8.78 Å². The van der Waals surface area contributed by atoms with Gasteiger partial charge >= 0.3 is 0 Å². The smallest absolute Gasteiger partial charge is 0.240 e. The Kier molecular flexibility index (Phi) is 5.83. The van der Waals surface area contributed by atoms with Gasteiger partial charge in [0.2, 0.25) is 5.91 Å². The second kappa shape index (κ2) is 8.09. The molecule has 2 N–H and O–H groups in total. The van der Waals surface area contributed by atoms with Crippen molar-refractivity contribution < 1.29 is 18.7 Å². The average molecular weight is 366 g/mol. The molecular weight excluding hydrogens is 342 g/mol. The van der Waals surface area contributed by atoms with E-state index in [4.69, 9.17) is 5.11 Å². The van der Waals surface area contributed by atoms with Crippen molar-refractivity contribution in [2.45, 2.75) is 38.8 Å². The van der Waals surface area contributed by atoms with Crippen molar-refractivity contribution in [3.8, 4) is 0 Å². The van der Waals surface area contributed by atoms with E-state index in [0.29, 0.717) is 16.9 Å². The molecule has 1 unspecified atom stereocenters. The lowest BCUT2D eigenvalue weighted by Gasteiger charge is -2.33. The number of halogens is 2. The van der Waals surface area contributed by atoms with Gasteiger partial charge in [-0.25, -0.2) is 13.8 Å². The first-order valence-corrected chi connectivity index (χ1v) is 8.92. The molecule has 26 heavy (non-hydrogen) atoms. The molecule has 0 bridgehead atoms. The zero-order chi connectivity index (χ0) is 18.7. The molecule has 2 heterocycles. The molecular formula is C18H24F2N4O2. The van der Waals surface area contributed by atoms with Crippen molar-refractivity contribution in [1.82, 2.24) is 19.8 Å². The van der Waals surface area contributed by atoms with Crippen LogP contribution >= 0.6 is 0 Å². The van der Waals surface area contributed by atoms with E-state index in [9.17, 15) is 13.6 Å². The third kappa shape index (κ3) is 4.19. The first-order valence-electron chi connectivity index (χ1n) is 8.92.